The van der Waals surface area contributed by atoms with Crippen LogP contribution in [0.1, 0.15) is 5.82 Å². The SMILES string of the molecule is N#CCc1ncc(-c2cccc(F)c2)[nH]1. The lowest BCUT2D eigenvalue weighted by Gasteiger charge is -1.96. The third-order valence-corrected chi connectivity index (χ3v) is 2.01. The van der Waals surface area contributed by atoms with E-state index in [1.54, 1.807) is 18.3 Å². The average molecular weight is 201 g/mol. The first-order valence-corrected chi connectivity index (χ1v) is 4.46. The molecular weight excluding hydrogens is 193 g/mol. The Morgan fingerprint density at radius 3 is 3.07 bits per heavy atom. The molecule has 0 saturated carbocycles. The summed E-state index contributed by atoms with van der Waals surface area (Å²) in [5, 5.41) is 8.47. The fraction of sp³-hybridized carbons (Fsp3) is 0.0909. The topological polar surface area (TPSA) is 52.5 Å². The van der Waals surface area contributed by atoms with Crippen molar-refractivity contribution in [3.63, 3.8) is 0 Å². The van der Waals surface area contributed by atoms with Crippen LogP contribution in [0.4, 0.5) is 4.39 Å². The minimum atomic E-state index is -0.288. The van der Waals surface area contributed by atoms with Crippen molar-refractivity contribution in [1.82, 2.24) is 9.97 Å². The van der Waals surface area contributed by atoms with Crippen LogP contribution in [-0.4, -0.2) is 9.97 Å². The van der Waals surface area contributed by atoms with Gasteiger partial charge in [-0.2, -0.15) is 5.26 Å². The highest BCUT2D eigenvalue weighted by atomic mass is 19.1. The molecule has 0 bridgehead atoms. The molecule has 15 heavy (non-hydrogen) atoms. The number of H-pyrrole nitrogens is 1. The van der Waals surface area contributed by atoms with Crippen LogP contribution >= 0.6 is 0 Å². The molecule has 0 atom stereocenters. The molecule has 0 saturated heterocycles. The lowest BCUT2D eigenvalue weighted by molar-refractivity contribution is 0.628. The van der Waals surface area contributed by atoms with Crippen LogP contribution in [0.15, 0.2) is 30.5 Å². The Hall–Kier alpha value is -2.15. The summed E-state index contributed by atoms with van der Waals surface area (Å²) in [6, 6.07) is 8.22. The van der Waals surface area contributed by atoms with Crippen LogP contribution in [0, 0.1) is 17.1 Å². The highest BCUT2D eigenvalue weighted by Crippen LogP contribution is 2.17. The van der Waals surface area contributed by atoms with E-state index in [1.165, 1.54) is 12.1 Å². The normalized spacial score (nSPS) is 9.87. The molecule has 1 aromatic carbocycles. The highest BCUT2D eigenvalue weighted by molar-refractivity contribution is 5.58. The number of benzene rings is 1. The second-order valence-corrected chi connectivity index (χ2v) is 3.09. The van der Waals surface area contributed by atoms with Gasteiger partial charge in [-0.05, 0) is 12.1 Å². The molecule has 1 N–H and O–H groups in total. The van der Waals surface area contributed by atoms with E-state index in [4.69, 9.17) is 5.26 Å². The summed E-state index contributed by atoms with van der Waals surface area (Å²) >= 11 is 0. The molecule has 0 radical (unpaired) electrons. The second-order valence-electron chi connectivity index (χ2n) is 3.09. The van der Waals surface area contributed by atoms with E-state index in [0.717, 1.165) is 11.3 Å². The summed E-state index contributed by atoms with van der Waals surface area (Å²) in [6.45, 7) is 0. The van der Waals surface area contributed by atoms with E-state index in [1.807, 2.05) is 6.07 Å². The first-order valence-electron chi connectivity index (χ1n) is 4.46. The van der Waals surface area contributed by atoms with E-state index in [2.05, 4.69) is 9.97 Å². The molecule has 0 aliphatic carbocycles. The van der Waals surface area contributed by atoms with E-state index in [9.17, 15) is 4.39 Å². The number of hydrogen-bond donors (Lipinski definition) is 1. The Morgan fingerprint density at radius 2 is 2.33 bits per heavy atom. The molecule has 4 heteroatoms. The maximum atomic E-state index is 12.9. The molecule has 0 spiro atoms. The van der Waals surface area contributed by atoms with Crippen molar-refractivity contribution in [2.75, 3.05) is 0 Å². The standard InChI is InChI=1S/C11H8FN3/c12-9-3-1-2-8(6-9)10-7-14-11(15-10)4-5-13/h1-3,6-7H,4H2,(H,14,15). The van der Waals surface area contributed by atoms with E-state index in [-0.39, 0.29) is 12.2 Å². The Labute approximate surface area is 86.2 Å². The van der Waals surface area contributed by atoms with Gasteiger partial charge in [0.1, 0.15) is 11.6 Å². The number of aromatic nitrogens is 2. The van der Waals surface area contributed by atoms with Crippen LogP contribution in [0.3, 0.4) is 0 Å². The minimum absolute atomic E-state index is 0.231. The van der Waals surface area contributed by atoms with Gasteiger partial charge in [-0.15, -0.1) is 0 Å². The predicted molar refractivity (Wildman–Crippen MR) is 53.3 cm³/mol. The van der Waals surface area contributed by atoms with Crippen molar-refractivity contribution >= 4 is 0 Å². The number of rotatable bonds is 2. The zero-order valence-electron chi connectivity index (χ0n) is 7.87. The fourth-order valence-corrected chi connectivity index (χ4v) is 1.33. The van der Waals surface area contributed by atoms with Gasteiger partial charge in [-0.3, -0.25) is 0 Å². The first kappa shape index (κ1) is 9.41. The van der Waals surface area contributed by atoms with Crippen molar-refractivity contribution in [2.24, 2.45) is 0 Å². The molecule has 0 aliphatic rings. The number of halogens is 1. The molecule has 0 fully saturated rings. The van der Waals surface area contributed by atoms with E-state index >= 15 is 0 Å². The molecule has 2 aromatic rings. The summed E-state index contributed by atoms with van der Waals surface area (Å²) in [4.78, 5) is 6.97. The van der Waals surface area contributed by atoms with E-state index < -0.39 is 0 Å². The Bertz CT molecular complexity index is 511. The maximum absolute atomic E-state index is 12.9. The zero-order valence-corrected chi connectivity index (χ0v) is 7.87. The average Bonchev–Trinajstić information content (AvgIpc) is 2.67. The van der Waals surface area contributed by atoms with Crippen molar-refractivity contribution < 1.29 is 4.39 Å². The van der Waals surface area contributed by atoms with Gasteiger partial charge in [0.15, 0.2) is 0 Å². The quantitative estimate of drug-likeness (QED) is 0.810. The third kappa shape index (κ3) is 2.02. The second kappa shape index (κ2) is 3.93. The fourth-order valence-electron chi connectivity index (χ4n) is 1.33. The minimum Gasteiger partial charge on any atom is -0.341 e. The molecule has 2 rings (SSSR count). The first-order chi connectivity index (χ1) is 7.29. The van der Waals surface area contributed by atoms with Crippen LogP contribution in [-0.2, 0) is 6.42 Å². The molecular formula is C11H8FN3. The van der Waals surface area contributed by atoms with Crippen LogP contribution in [0.25, 0.3) is 11.3 Å². The van der Waals surface area contributed by atoms with Gasteiger partial charge in [0.25, 0.3) is 0 Å². The molecule has 0 amide bonds. The number of aromatic amines is 1. The predicted octanol–water partition coefficient (Wildman–Crippen LogP) is 2.28. The molecule has 0 unspecified atom stereocenters. The number of nitriles is 1. The van der Waals surface area contributed by atoms with Gasteiger partial charge in [-0.1, -0.05) is 12.1 Å². The van der Waals surface area contributed by atoms with Crippen molar-refractivity contribution in [1.29, 1.82) is 5.26 Å². The lowest BCUT2D eigenvalue weighted by Crippen LogP contribution is -1.84. The van der Waals surface area contributed by atoms with Gasteiger partial charge in [0, 0.05) is 5.56 Å². The number of nitrogens with zero attached hydrogens (tertiary/aromatic N) is 2. The van der Waals surface area contributed by atoms with Gasteiger partial charge in [0.05, 0.1) is 24.4 Å². The highest BCUT2D eigenvalue weighted by Gasteiger charge is 2.03. The van der Waals surface area contributed by atoms with Gasteiger partial charge in [-0.25, -0.2) is 9.37 Å². The van der Waals surface area contributed by atoms with Crippen LogP contribution in [0.2, 0.25) is 0 Å². The van der Waals surface area contributed by atoms with Crippen LogP contribution < -0.4 is 0 Å². The molecule has 3 nitrogen and oxygen atoms in total. The summed E-state index contributed by atoms with van der Waals surface area (Å²) in [7, 11) is 0. The molecule has 0 aliphatic heterocycles. The summed E-state index contributed by atoms with van der Waals surface area (Å²) in [5.74, 6) is 0.306. The van der Waals surface area contributed by atoms with Gasteiger partial charge in [0.2, 0.25) is 0 Å². The van der Waals surface area contributed by atoms with Gasteiger partial charge >= 0.3 is 0 Å². The third-order valence-electron chi connectivity index (χ3n) is 2.01. The summed E-state index contributed by atoms with van der Waals surface area (Å²) in [6.07, 6.45) is 1.83. The number of nitrogens with one attached hydrogen (secondary N) is 1. The Kier molecular flexibility index (Phi) is 2.46. The number of hydrogen-bond acceptors (Lipinski definition) is 2. The smallest absolute Gasteiger partial charge is 0.123 e. The maximum Gasteiger partial charge on any atom is 0.123 e. The largest absolute Gasteiger partial charge is 0.341 e. The molecule has 1 heterocycles. The van der Waals surface area contributed by atoms with Crippen molar-refractivity contribution in [3.8, 4) is 17.3 Å². The summed E-state index contributed by atoms with van der Waals surface area (Å²) in [5.41, 5.74) is 1.45. The van der Waals surface area contributed by atoms with Crippen LogP contribution in [0.5, 0.6) is 0 Å². The monoisotopic (exact) mass is 201 g/mol. The summed E-state index contributed by atoms with van der Waals surface area (Å²) < 4.78 is 12.9. The lowest BCUT2D eigenvalue weighted by atomic mass is 10.2. The Morgan fingerprint density at radius 1 is 1.47 bits per heavy atom. The Balaban J connectivity index is 2.34. The van der Waals surface area contributed by atoms with Gasteiger partial charge < -0.3 is 4.98 Å². The molecule has 1 aromatic heterocycles. The zero-order chi connectivity index (χ0) is 10.7. The van der Waals surface area contributed by atoms with E-state index in [0.29, 0.717) is 5.82 Å². The van der Waals surface area contributed by atoms with Crippen molar-refractivity contribution in [2.45, 2.75) is 6.42 Å². The number of imidazole rings is 1. The molecule has 74 valence electrons. The van der Waals surface area contributed by atoms with Crippen molar-refractivity contribution in [3.05, 3.63) is 42.1 Å².